The van der Waals surface area contributed by atoms with Crippen molar-refractivity contribution in [1.82, 2.24) is 26.6 Å². The number of alkyl carbamates (subject to hydrolysis) is 1. The van der Waals surface area contributed by atoms with Crippen LogP contribution in [0.15, 0.2) is 112 Å². The van der Waals surface area contributed by atoms with Crippen molar-refractivity contribution in [1.29, 1.82) is 0 Å². The highest BCUT2D eigenvalue weighted by atomic mass is 16.5. The highest BCUT2D eigenvalue weighted by Crippen LogP contribution is 2.44. The Kier molecular flexibility index (Phi) is 21.1. The molecule has 1 aromatic heterocycles. The van der Waals surface area contributed by atoms with Crippen LogP contribution in [0.25, 0.3) is 22.1 Å². The Morgan fingerprint density at radius 3 is 1.78 bits per heavy atom. The van der Waals surface area contributed by atoms with Gasteiger partial charge in [0.15, 0.2) is 0 Å². The summed E-state index contributed by atoms with van der Waals surface area (Å²) in [7, 11) is 0. The monoisotopic (exact) mass is 1010 g/mol. The largest absolute Gasteiger partial charge is 0.449 e. The van der Waals surface area contributed by atoms with Gasteiger partial charge in [0, 0.05) is 49.1 Å². The molecule has 0 aliphatic heterocycles. The van der Waals surface area contributed by atoms with Gasteiger partial charge in [-0.2, -0.15) is 0 Å². The molecule has 394 valence electrons. The van der Waals surface area contributed by atoms with Crippen molar-refractivity contribution in [2.75, 3.05) is 44.2 Å². The van der Waals surface area contributed by atoms with Crippen LogP contribution in [-0.2, 0) is 30.3 Å². The number of rotatable bonds is 29. The Balaban J connectivity index is 1.07. The average Bonchev–Trinajstić information content (AvgIpc) is 3.72. The number of nitrogens with zero attached hydrogens (tertiary/aromatic N) is 1. The van der Waals surface area contributed by atoms with Crippen molar-refractivity contribution in [3.63, 3.8) is 0 Å². The molecule has 4 aromatic carbocycles. The second kappa shape index (κ2) is 28.0. The third-order valence-corrected chi connectivity index (χ3v) is 13.4. The van der Waals surface area contributed by atoms with Crippen LogP contribution in [0.1, 0.15) is 105 Å². The van der Waals surface area contributed by atoms with Crippen LogP contribution in [-0.4, -0.2) is 99.1 Å². The average molecular weight is 1010 g/mol. The molecule has 1 heterocycles. The van der Waals surface area contributed by atoms with Gasteiger partial charge in [-0.3, -0.25) is 24.0 Å². The molecule has 0 fully saturated rings. The van der Waals surface area contributed by atoms with Crippen LogP contribution in [0.5, 0.6) is 0 Å². The molecule has 6 rings (SSSR count). The molecule has 0 unspecified atom stereocenters. The first kappa shape index (κ1) is 55.7. The van der Waals surface area contributed by atoms with Crippen molar-refractivity contribution >= 4 is 52.3 Å². The number of anilines is 1. The van der Waals surface area contributed by atoms with Gasteiger partial charge in [0.1, 0.15) is 41.9 Å². The molecular formula is C56H71N9O9. The molecule has 6 amide bonds. The number of carbonyl (C=O) groups excluding carboxylic acids is 6. The maximum atomic E-state index is 14.3. The van der Waals surface area contributed by atoms with Crippen molar-refractivity contribution in [2.45, 2.75) is 108 Å². The van der Waals surface area contributed by atoms with Crippen LogP contribution in [0, 0.1) is 0 Å². The van der Waals surface area contributed by atoms with Crippen molar-refractivity contribution in [3.8, 4) is 11.1 Å². The van der Waals surface area contributed by atoms with E-state index in [4.69, 9.17) is 26.4 Å². The molecule has 0 bridgehead atoms. The highest BCUT2D eigenvalue weighted by Gasteiger charge is 2.33. The summed E-state index contributed by atoms with van der Waals surface area (Å²) in [6, 6.07) is 27.3. The minimum atomic E-state index is -1.20. The van der Waals surface area contributed by atoms with Crippen molar-refractivity contribution < 1.29 is 37.9 Å². The lowest BCUT2D eigenvalue weighted by Crippen LogP contribution is -2.58. The lowest BCUT2D eigenvalue weighted by atomic mass is 9.98. The van der Waals surface area contributed by atoms with Gasteiger partial charge in [0.25, 0.3) is 5.91 Å². The molecule has 74 heavy (non-hydrogen) atoms. The number of amides is 6. The summed E-state index contributed by atoms with van der Waals surface area (Å²) in [6.07, 6.45) is 2.51. The van der Waals surface area contributed by atoms with E-state index in [0.29, 0.717) is 62.6 Å². The summed E-state index contributed by atoms with van der Waals surface area (Å²) < 4.78 is 11.3. The number of benzene rings is 4. The number of hydrogen-bond acceptors (Lipinski definition) is 12. The SMILES string of the molecule is CCN(CC)c1ccc2cc(C(=O)NCCCC[C@H](NC(=O)[C@H](CCCCN)NC(=O)[C@H](Cc3ccccc3)NC(=O)[C@H](CCCCN)NC(=O)OCC3c4ccccc4-c4ccccc43)C(N)=O)c(=O)oc2c1. The number of unbranched alkanes of at least 4 members (excludes halogenated alkanes) is 3. The van der Waals surface area contributed by atoms with Crippen molar-refractivity contribution in [3.05, 3.63) is 136 Å². The first-order valence-electron chi connectivity index (χ1n) is 25.7. The second-order valence-electron chi connectivity index (χ2n) is 18.5. The number of fused-ring (bicyclic) bond motifs is 4. The van der Waals surface area contributed by atoms with Crippen LogP contribution >= 0.6 is 0 Å². The summed E-state index contributed by atoms with van der Waals surface area (Å²) in [5.74, 6) is -3.59. The summed E-state index contributed by atoms with van der Waals surface area (Å²) in [5.41, 5.74) is 22.6. The molecule has 0 saturated heterocycles. The van der Waals surface area contributed by atoms with E-state index < -0.39 is 65.4 Å². The molecule has 5 aromatic rings. The highest BCUT2D eigenvalue weighted by molar-refractivity contribution is 5.97. The van der Waals surface area contributed by atoms with Gasteiger partial charge in [-0.15, -0.1) is 0 Å². The molecule has 11 N–H and O–H groups in total. The zero-order valence-corrected chi connectivity index (χ0v) is 42.4. The standard InChI is InChI=1S/C56H71N9O9/c1-3-65(4-2)38-28-27-37-33-43(55(71)74-49(37)34-38)51(67)60-31-17-14-24-45(50(59)66)61-52(68)46(25-12-15-29-57)62-54(70)48(32-36-18-6-5-7-19-36)63-53(69)47(26-13-16-30-58)64-56(72)73-35-44-41-22-10-8-20-39(41)40-21-9-11-23-42(40)44/h5-11,18-23,27-28,33-34,44-48H,3-4,12-17,24-26,29-32,35,57-58H2,1-2H3,(H2,59,66)(H,60,67)(H,61,68)(H,62,70)(H,63,69)(H,64,72)/t45-,46-,47-,48-/m0/s1. The van der Waals surface area contributed by atoms with E-state index >= 15 is 0 Å². The molecule has 0 saturated carbocycles. The number of hydrogen-bond donors (Lipinski definition) is 8. The van der Waals surface area contributed by atoms with Gasteiger partial charge in [-0.05, 0) is 131 Å². The number of carbonyl (C=O) groups is 6. The van der Waals surface area contributed by atoms with E-state index in [-0.39, 0.29) is 50.3 Å². The van der Waals surface area contributed by atoms with E-state index in [1.165, 1.54) is 6.07 Å². The Morgan fingerprint density at radius 1 is 0.635 bits per heavy atom. The zero-order valence-electron chi connectivity index (χ0n) is 42.4. The molecular weight excluding hydrogens is 943 g/mol. The van der Waals surface area contributed by atoms with Gasteiger partial charge >= 0.3 is 11.7 Å². The summed E-state index contributed by atoms with van der Waals surface area (Å²) >= 11 is 0. The first-order valence-corrected chi connectivity index (χ1v) is 25.7. The second-order valence-corrected chi connectivity index (χ2v) is 18.5. The molecule has 0 radical (unpaired) electrons. The fourth-order valence-corrected chi connectivity index (χ4v) is 9.28. The van der Waals surface area contributed by atoms with Crippen LogP contribution in [0.2, 0.25) is 0 Å². The van der Waals surface area contributed by atoms with Crippen molar-refractivity contribution in [2.24, 2.45) is 17.2 Å². The van der Waals surface area contributed by atoms with Gasteiger partial charge in [-0.1, -0.05) is 78.9 Å². The maximum Gasteiger partial charge on any atom is 0.407 e. The van der Waals surface area contributed by atoms with E-state index in [2.05, 4.69) is 31.5 Å². The normalized spacial score (nSPS) is 13.4. The molecule has 0 spiro atoms. The molecule has 4 atom stereocenters. The Morgan fingerprint density at radius 2 is 1.18 bits per heavy atom. The number of ether oxygens (including phenoxy) is 1. The topological polar surface area (TPSA) is 283 Å². The molecule has 1 aliphatic carbocycles. The number of primary amides is 1. The Hall–Kier alpha value is -7.57. The fraction of sp³-hybridized carbons (Fsp3) is 0.411. The maximum absolute atomic E-state index is 14.3. The van der Waals surface area contributed by atoms with Gasteiger partial charge in [-0.25, -0.2) is 9.59 Å². The number of nitrogens with two attached hydrogens (primary N) is 3. The Labute approximate surface area is 431 Å². The molecule has 18 heteroatoms. The van der Waals surface area contributed by atoms with E-state index in [1.807, 2.05) is 74.5 Å². The van der Waals surface area contributed by atoms with Crippen LogP contribution in [0.4, 0.5) is 10.5 Å². The lowest BCUT2D eigenvalue weighted by Gasteiger charge is -2.26. The van der Waals surface area contributed by atoms with Crippen LogP contribution in [0.3, 0.4) is 0 Å². The first-order chi connectivity index (χ1) is 35.8. The lowest BCUT2D eigenvalue weighted by molar-refractivity contribution is -0.133. The third-order valence-electron chi connectivity index (χ3n) is 13.4. The minimum absolute atomic E-state index is 0.0329. The smallest absolute Gasteiger partial charge is 0.407 e. The Bertz CT molecular complexity index is 2720. The summed E-state index contributed by atoms with van der Waals surface area (Å²) in [4.78, 5) is 96.7. The van der Waals surface area contributed by atoms with E-state index in [1.54, 1.807) is 36.4 Å². The third kappa shape index (κ3) is 15.2. The summed E-state index contributed by atoms with van der Waals surface area (Å²) in [6.45, 7) is 6.50. The van der Waals surface area contributed by atoms with E-state index in [9.17, 15) is 33.6 Å². The predicted molar refractivity (Wildman–Crippen MR) is 285 cm³/mol. The van der Waals surface area contributed by atoms with Crippen LogP contribution < -0.4 is 54.3 Å². The van der Waals surface area contributed by atoms with Gasteiger partial charge < -0.3 is 57.8 Å². The van der Waals surface area contributed by atoms with Gasteiger partial charge in [0.05, 0.1) is 0 Å². The number of nitrogens with one attached hydrogen (secondary N) is 5. The fourth-order valence-electron chi connectivity index (χ4n) is 9.28. The predicted octanol–water partition coefficient (Wildman–Crippen LogP) is 4.89. The molecule has 1 aliphatic rings. The molecule has 18 nitrogen and oxygen atoms in total. The van der Waals surface area contributed by atoms with Gasteiger partial charge in [0.2, 0.25) is 23.6 Å². The minimum Gasteiger partial charge on any atom is -0.449 e. The quantitative estimate of drug-likeness (QED) is 0.0235. The van der Waals surface area contributed by atoms with E-state index in [0.717, 1.165) is 46.6 Å². The zero-order chi connectivity index (χ0) is 53.0. The summed E-state index contributed by atoms with van der Waals surface area (Å²) in [5, 5.41) is 14.4.